The summed E-state index contributed by atoms with van der Waals surface area (Å²) in [6.45, 7) is 3.16. The highest BCUT2D eigenvalue weighted by atomic mass is 35.5. The van der Waals surface area contributed by atoms with Crippen molar-refractivity contribution < 1.29 is 18.8 Å². The van der Waals surface area contributed by atoms with Crippen molar-refractivity contribution in [2.75, 3.05) is 5.32 Å². The van der Waals surface area contributed by atoms with Crippen molar-refractivity contribution in [1.82, 2.24) is 10.1 Å². The van der Waals surface area contributed by atoms with Gasteiger partial charge in [-0.2, -0.15) is 0 Å². The minimum atomic E-state index is -1.02. The highest BCUT2D eigenvalue weighted by molar-refractivity contribution is 7.13. The number of carbonyl (C=O) groups is 2. The molecule has 3 aromatic rings. The molecule has 0 saturated carbocycles. The van der Waals surface area contributed by atoms with Crippen LogP contribution in [0.25, 0.3) is 10.6 Å². The van der Waals surface area contributed by atoms with Crippen LogP contribution in [-0.4, -0.2) is 28.1 Å². The van der Waals surface area contributed by atoms with E-state index in [1.165, 1.54) is 18.3 Å². The number of hydrogen-bond donors (Lipinski definition) is 1. The van der Waals surface area contributed by atoms with Crippen LogP contribution >= 0.6 is 22.9 Å². The number of ether oxygens (including phenoxy) is 1. The molecule has 0 aliphatic heterocycles. The van der Waals surface area contributed by atoms with E-state index >= 15 is 0 Å². The van der Waals surface area contributed by atoms with Gasteiger partial charge in [0.15, 0.2) is 17.6 Å². The van der Waals surface area contributed by atoms with Gasteiger partial charge in [-0.05, 0) is 26.0 Å². The maximum absolute atomic E-state index is 12.2. The summed E-state index contributed by atoms with van der Waals surface area (Å²) in [6, 6.07) is 8.71. The average molecular weight is 392 g/mol. The Kier molecular flexibility index (Phi) is 5.34. The van der Waals surface area contributed by atoms with E-state index in [1.54, 1.807) is 36.6 Å². The summed E-state index contributed by atoms with van der Waals surface area (Å²) in [4.78, 5) is 28.5. The molecule has 0 aliphatic rings. The predicted molar refractivity (Wildman–Crippen MR) is 97.3 cm³/mol. The monoisotopic (exact) mass is 391 g/mol. The molecular formula is C17H14ClN3O4S. The number of hydrogen-bond acceptors (Lipinski definition) is 7. The lowest BCUT2D eigenvalue weighted by Gasteiger charge is -2.11. The molecule has 0 fully saturated rings. The second kappa shape index (κ2) is 7.67. The maximum Gasteiger partial charge on any atom is 0.358 e. The van der Waals surface area contributed by atoms with Crippen LogP contribution in [0.5, 0.6) is 0 Å². The third kappa shape index (κ3) is 4.27. The third-order valence-electron chi connectivity index (χ3n) is 3.32. The lowest BCUT2D eigenvalue weighted by molar-refractivity contribution is -0.123. The fourth-order valence-corrected chi connectivity index (χ4v) is 3.03. The summed E-state index contributed by atoms with van der Waals surface area (Å²) in [5.41, 5.74) is 0.927. The minimum absolute atomic E-state index is 0.127. The summed E-state index contributed by atoms with van der Waals surface area (Å²) >= 11 is 7.25. The number of benzene rings is 1. The number of amides is 1. The van der Waals surface area contributed by atoms with Crippen LogP contribution in [0.1, 0.15) is 23.2 Å². The fraction of sp³-hybridized carbons (Fsp3) is 0.176. The molecule has 3 rings (SSSR count). The molecule has 1 amide bonds. The van der Waals surface area contributed by atoms with Gasteiger partial charge in [0.25, 0.3) is 5.91 Å². The summed E-state index contributed by atoms with van der Waals surface area (Å²) in [6.07, 6.45) is -1.02. The first-order chi connectivity index (χ1) is 12.4. The van der Waals surface area contributed by atoms with Crippen molar-refractivity contribution in [1.29, 1.82) is 0 Å². The van der Waals surface area contributed by atoms with Gasteiger partial charge in [0.2, 0.25) is 0 Å². The fourth-order valence-electron chi connectivity index (χ4n) is 2.05. The van der Waals surface area contributed by atoms with Crippen LogP contribution in [0.4, 0.5) is 5.82 Å². The lowest BCUT2D eigenvalue weighted by atomic mass is 10.2. The second-order valence-corrected chi connectivity index (χ2v) is 6.70. The van der Waals surface area contributed by atoms with Crippen LogP contribution in [0.3, 0.4) is 0 Å². The average Bonchev–Trinajstić information content (AvgIpc) is 3.24. The summed E-state index contributed by atoms with van der Waals surface area (Å²) in [5.74, 6) is -0.390. The largest absolute Gasteiger partial charge is 0.448 e. The van der Waals surface area contributed by atoms with Crippen molar-refractivity contribution in [2.24, 2.45) is 0 Å². The molecule has 0 bridgehead atoms. The number of nitrogens with zero attached hydrogens (tertiary/aromatic N) is 2. The highest BCUT2D eigenvalue weighted by Crippen LogP contribution is 2.26. The third-order valence-corrected chi connectivity index (χ3v) is 4.44. The zero-order chi connectivity index (χ0) is 18.7. The molecule has 7 nitrogen and oxygen atoms in total. The Hall–Kier alpha value is -2.71. The normalized spacial score (nSPS) is 11.8. The van der Waals surface area contributed by atoms with E-state index in [1.807, 2.05) is 6.07 Å². The molecule has 134 valence electrons. The standard InChI is InChI=1S/C17H14ClN3O4S/c1-9-6-14(21-25-9)20-15(22)10(2)24-17(23)13-8-26-16(19-13)11-4-3-5-12(18)7-11/h3-8,10H,1-2H3,(H,20,21,22)/t10-/m1/s1. The van der Waals surface area contributed by atoms with E-state index < -0.39 is 18.0 Å². The van der Waals surface area contributed by atoms with Crippen LogP contribution in [0.2, 0.25) is 5.02 Å². The van der Waals surface area contributed by atoms with Crippen molar-refractivity contribution in [3.8, 4) is 10.6 Å². The molecule has 0 radical (unpaired) electrons. The lowest BCUT2D eigenvalue weighted by Crippen LogP contribution is -2.30. The molecule has 26 heavy (non-hydrogen) atoms. The van der Waals surface area contributed by atoms with Crippen LogP contribution in [0.15, 0.2) is 40.2 Å². The number of anilines is 1. The predicted octanol–water partition coefficient (Wildman–Crippen LogP) is 3.94. The molecule has 0 aliphatic carbocycles. The van der Waals surface area contributed by atoms with Gasteiger partial charge in [-0.1, -0.05) is 28.9 Å². The van der Waals surface area contributed by atoms with Gasteiger partial charge in [0.05, 0.1) is 0 Å². The van der Waals surface area contributed by atoms with Gasteiger partial charge in [-0.15, -0.1) is 11.3 Å². The molecule has 1 N–H and O–H groups in total. The molecule has 9 heteroatoms. The maximum atomic E-state index is 12.2. The molecule has 0 saturated heterocycles. The molecule has 1 aromatic carbocycles. The molecule has 0 spiro atoms. The number of aryl methyl sites for hydroxylation is 1. The topological polar surface area (TPSA) is 94.3 Å². The Morgan fingerprint density at radius 3 is 2.85 bits per heavy atom. The van der Waals surface area contributed by atoms with E-state index in [-0.39, 0.29) is 11.5 Å². The first kappa shape index (κ1) is 18.1. The number of nitrogens with one attached hydrogen (secondary N) is 1. The van der Waals surface area contributed by atoms with Gasteiger partial charge in [-0.25, -0.2) is 9.78 Å². The van der Waals surface area contributed by atoms with Crippen LogP contribution < -0.4 is 5.32 Å². The zero-order valence-corrected chi connectivity index (χ0v) is 15.4. The quantitative estimate of drug-likeness (QED) is 0.662. The molecule has 2 heterocycles. The zero-order valence-electron chi connectivity index (χ0n) is 13.9. The smallest absolute Gasteiger partial charge is 0.358 e. The van der Waals surface area contributed by atoms with Crippen molar-refractivity contribution in [2.45, 2.75) is 20.0 Å². The van der Waals surface area contributed by atoms with Gasteiger partial charge in [0.1, 0.15) is 10.8 Å². The molecule has 2 aromatic heterocycles. The number of rotatable bonds is 5. The van der Waals surface area contributed by atoms with Gasteiger partial charge in [-0.3, -0.25) is 4.79 Å². The Labute approximate surface area is 157 Å². The van der Waals surface area contributed by atoms with Crippen molar-refractivity contribution in [3.05, 3.63) is 52.2 Å². The first-order valence-electron chi connectivity index (χ1n) is 7.59. The van der Waals surface area contributed by atoms with Crippen LogP contribution in [0, 0.1) is 6.92 Å². The van der Waals surface area contributed by atoms with Gasteiger partial charge in [0, 0.05) is 22.0 Å². The van der Waals surface area contributed by atoms with Crippen LogP contribution in [-0.2, 0) is 9.53 Å². The Morgan fingerprint density at radius 1 is 1.35 bits per heavy atom. The number of thiazole rings is 1. The van der Waals surface area contributed by atoms with Gasteiger partial charge >= 0.3 is 5.97 Å². The Balaban J connectivity index is 1.63. The summed E-state index contributed by atoms with van der Waals surface area (Å²) in [7, 11) is 0. The number of aromatic nitrogens is 2. The highest BCUT2D eigenvalue weighted by Gasteiger charge is 2.22. The van der Waals surface area contributed by atoms with Gasteiger partial charge < -0.3 is 14.6 Å². The molecule has 0 unspecified atom stereocenters. The first-order valence-corrected chi connectivity index (χ1v) is 8.85. The Bertz CT molecular complexity index is 953. The summed E-state index contributed by atoms with van der Waals surface area (Å²) in [5, 5.41) is 8.94. The minimum Gasteiger partial charge on any atom is -0.448 e. The Morgan fingerprint density at radius 2 is 2.15 bits per heavy atom. The summed E-state index contributed by atoms with van der Waals surface area (Å²) < 4.78 is 10.0. The van der Waals surface area contributed by atoms with E-state index in [0.29, 0.717) is 15.8 Å². The van der Waals surface area contributed by atoms with E-state index in [4.69, 9.17) is 20.9 Å². The SMILES string of the molecule is Cc1cc(NC(=O)[C@@H](C)OC(=O)c2csc(-c3cccc(Cl)c3)n2)no1. The number of carbonyl (C=O) groups excluding carboxylic acids is 2. The molecule has 1 atom stereocenters. The van der Waals surface area contributed by atoms with Crippen molar-refractivity contribution in [3.63, 3.8) is 0 Å². The van der Waals surface area contributed by atoms with E-state index in [9.17, 15) is 9.59 Å². The number of halogens is 1. The number of esters is 1. The molecular weight excluding hydrogens is 378 g/mol. The second-order valence-electron chi connectivity index (χ2n) is 5.41. The van der Waals surface area contributed by atoms with Crippen molar-refractivity contribution >= 4 is 40.6 Å². The van der Waals surface area contributed by atoms with E-state index in [0.717, 1.165) is 5.56 Å². The van der Waals surface area contributed by atoms with E-state index in [2.05, 4.69) is 15.5 Å².